The number of rotatable bonds is 6. The molecule has 3 N–H and O–H groups in total. The summed E-state index contributed by atoms with van der Waals surface area (Å²) in [7, 11) is 0. The van der Waals surface area contributed by atoms with Gasteiger partial charge in [-0.25, -0.2) is 0 Å². The molecule has 114 valence electrons. The first-order valence-electron chi connectivity index (χ1n) is 7.86. The highest BCUT2D eigenvalue weighted by molar-refractivity contribution is 5.87. The normalized spacial score (nSPS) is 25.6. The monoisotopic (exact) mass is 281 g/mol. The van der Waals surface area contributed by atoms with Gasteiger partial charge in [0.05, 0.1) is 0 Å². The molecule has 1 aliphatic carbocycles. The van der Waals surface area contributed by atoms with Crippen LogP contribution in [0.15, 0.2) is 0 Å². The van der Waals surface area contributed by atoms with E-state index < -0.39 is 6.04 Å². The van der Waals surface area contributed by atoms with Crippen LogP contribution in [-0.2, 0) is 9.59 Å². The number of carbonyl (C=O) groups is 2. The molecule has 0 bridgehead atoms. The highest BCUT2D eigenvalue weighted by Gasteiger charge is 2.27. The third kappa shape index (κ3) is 4.78. The van der Waals surface area contributed by atoms with Crippen LogP contribution in [0.2, 0.25) is 0 Å². The SMILES string of the molecule is CC(NC(=O)CC(C)C1CCCNC1)C(=O)NC1CC1. The van der Waals surface area contributed by atoms with E-state index in [4.69, 9.17) is 0 Å². The van der Waals surface area contributed by atoms with Crippen molar-refractivity contribution in [2.45, 2.75) is 58.0 Å². The summed E-state index contributed by atoms with van der Waals surface area (Å²) in [6, 6.07) is -0.0890. The average molecular weight is 281 g/mol. The number of amides is 2. The molecule has 3 unspecified atom stereocenters. The van der Waals surface area contributed by atoms with E-state index in [1.807, 2.05) is 0 Å². The molecular weight excluding hydrogens is 254 g/mol. The molecule has 5 heteroatoms. The van der Waals surface area contributed by atoms with Crippen LogP contribution < -0.4 is 16.0 Å². The molecule has 1 aliphatic heterocycles. The van der Waals surface area contributed by atoms with Crippen molar-refractivity contribution >= 4 is 11.8 Å². The summed E-state index contributed by atoms with van der Waals surface area (Å²) in [5, 5.41) is 9.10. The lowest BCUT2D eigenvalue weighted by Crippen LogP contribution is -2.46. The maximum absolute atomic E-state index is 12.0. The van der Waals surface area contributed by atoms with Crippen LogP contribution in [0, 0.1) is 11.8 Å². The number of piperidine rings is 1. The molecule has 5 nitrogen and oxygen atoms in total. The highest BCUT2D eigenvalue weighted by atomic mass is 16.2. The Hall–Kier alpha value is -1.10. The predicted octanol–water partition coefficient (Wildman–Crippen LogP) is 0.796. The predicted molar refractivity (Wildman–Crippen MR) is 78.1 cm³/mol. The van der Waals surface area contributed by atoms with Crippen molar-refractivity contribution in [1.29, 1.82) is 0 Å². The summed E-state index contributed by atoms with van der Waals surface area (Å²) in [4.78, 5) is 23.8. The van der Waals surface area contributed by atoms with Crippen LogP contribution in [0.1, 0.15) is 46.0 Å². The quantitative estimate of drug-likeness (QED) is 0.674. The van der Waals surface area contributed by atoms with Crippen molar-refractivity contribution < 1.29 is 9.59 Å². The van der Waals surface area contributed by atoms with Crippen LogP contribution in [0.25, 0.3) is 0 Å². The molecule has 0 aromatic rings. The number of hydrogen-bond acceptors (Lipinski definition) is 3. The average Bonchev–Trinajstić information content (AvgIpc) is 3.23. The fourth-order valence-corrected chi connectivity index (χ4v) is 2.74. The minimum absolute atomic E-state index is 0.0125. The first-order chi connectivity index (χ1) is 9.56. The van der Waals surface area contributed by atoms with Crippen molar-refractivity contribution in [2.75, 3.05) is 13.1 Å². The van der Waals surface area contributed by atoms with Gasteiger partial charge in [0, 0.05) is 12.5 Å². The molecule has 0 radical (unpaired) electrons. The van der Waals surface area contributed by atoms with Crippen molar-refractivity contribution in [2.24, 2.45) is 11.8 Å². The van der Waals surface area contributed by atoms with Gasteiger partial charge >= 0.3 is 0 Å². The van der Waals surface area contributed by atoms with Gasteiger partial charge in [-0.3, -0.25) is 9.59 Å². The van der Waals surface area contributed by atoms with Gasteiger partial charge in [-0.05, 0) is 57.5 Å². The van der Waals surface area contributed by atoms with Crippen LogP contribution in [-0.4, -0.2) is 37.0 Å². The van der Waals surface area contributed by atoms with Crippen molar-refractivity contribution in [1.82, 2.24) is 16.0 Å². The minimum Gasteiger partial charge on any atom is -0.352 e. The molecule has 2 aliphatic rings. The molecule has 0 aromatic heterocycles. The fourth-order valence-electron chi connectivity index (χ4n) is 2.74. The second-order valence-electron chi connectivity index (χ2n) is 6.36. The standard InChI is InChI=1S/C15H27N3O2/c1-10(12-4-3-7-16-9-12)8-14(19)17-11(2)15(20)18-13-5-6-13/h10-13,16H,3-9H2,1-2H3,(H,17,19)(H,18,20). The van der Waals surface area contributed by atoms with E-state index in [0.29, 0.717) is 24.3 Å². The van der Waals surface area contributed by atoms with Crippen LogP contribution in [0.3, 0.4) is 0 Å². The maximum atomic E-state index is 12.0. The van der Waals surface area contributed by atoms with E-state index in [1.54, 1.807) is 6.92 Å². The van der Waals surface area contributed by atoms with E-state index >= 15 is 0 Å². The Bertz CT molecular complexity index is 349. The Morgan fingerprint density at radius 3 is 2.60 bits per heavy atom. The van der Waals surface area contributed by atoms with Gasteiger partial charge in [0.1, 0.15) is 6.04 Å². The zero-order valence-electron chi connectivity index (χ0n) is 12.6. The van der Waals surface area contributed by atoms with E-state index in [9.17, 15) is 9.59 Å². The summed E-state index contributed by atoms with van der Waals surface area (Å²) >= 11 is 0. The Balaban J connectivity index is 1.68. The van der Waals surface area contributed by atoms with Gasteiger partial charge in [-0.1, -0.05) is 6.92 Å². The molecule has 3 atom stereocenters. The van der Waals surface area contributed by atoms with Gasteiger partial charge in [0.2, 0.25) is 11.8 Å². The summed E-state index contributed by atoms with van der Waals surface area (Å²) in [5.74, 6) is 0.862. The van der Waals surface area contributed by atoms with E-state index in [0.717, 1.165) is 25.9 Å². The molecule has 2 rings (SSSR count). The maximum Gasteiger partial charge on any atom is 0.242 e. The summed E-state index contributed by atoms with van der Waals surface area (Å²) in [6.45, 7) is 5.98. The molecule has 2 amide bonds. The lowest BCUT2D eigenvalue weighted by atomic mass is 9.85. The fraction of sp³-hybridized carbons (Fsp3) is 0.867. The molecule has 1 saturated carbocycles. The summed E-state index contributed by atoms with van der Waals surface area (Å²) < 4.78 is 0. The first kappa shape index (κ1) is 15.3. The Morgan fingerprint density at radius 1 is 1.25 bits per heavy atom. The van der Waals surface area contributed by atoms with Gasteiger partial charge in [0.25, 0.3) is 0 Å². The smallest absolute Gasteiger partial charge is 0.242 e. The van der Waals surface area contributed by atoms with Gasteiger partial charge in [-0.2, -0.15) is 0 Å². The molecule has 0 spiro atoms. The second kappa shape index (κ2) is 7.07. The van der Waals surface area contributed by atoms with E-state index in [2.05, 4.69) is 22.9 Å². The first-order valence-corrected chi connectivity index (χ1v) is 7.86. The largest absolute Gasteiger partial charge is 0.352 e. The van der Waals surface area contributed by atoms with Crippen LogP contribution in [0.4, 0.5) is 0 Å². The topological polar surface area (TPSA) is 70.2 Å². The highest BCUT2D eigenvalue weighted by Crippen LogP contribution is 2.22. The zero-order chi connectivity index (χ0) is 14.5. The van der Waals surface area contributed by atoms with Crippen LogP contribution in [0.5, 0.6) is 0 Å². The Labute approximate surface area is 121 Å². The van der Waals surface area contributed by atoms with Gasteiger partial charge in [0.15, 0.2) is 0 Å². The molecule has 1 heterocycles. The van der Waals surface area contributed by atoms with Crippen molar-refractivity contribution in [3.63, 3.8) is 0 Å². The third-order valence-corrected chi connectivity index (χ3v) is 4.34. The van der Waals surface area contributed by atoms with Gasteiger partial charge in [-0.15, -0.1) is 0 Å². The molecule has 1 saturated heterocycles. The molecule has 2 fully saturated rings. The molecule has 0 aromatic carbocycles. The van der Waals surface area contributed by atoms with Crippen LogP contribution >= 0.6 is 0 Å². The molecular formula is C15H27N3O2. The minimum atomic E-state index is -0.431. The van der Waals surface area contributed by atoms with Crippen molar-refractivity contribution in [3.05, 3.63) is 0 Å². The Morgan fingerprint density at radius 2 is 2.00 bits per heavy atom. The van der Waals surface area contributed by atoms with E-state index in [-0.39, 0.29) is 11.8 Å². The van der Waals surface area contributed by atoms with E-state index in [1.165, 1.54) is 12.8 Å². The second-order valence-corrected chi connectivity index (χ2v) is 6.36. The number of nitrogens with one attached hydrogen (secondary N) is 3. The third-order valence-electron chi connectivity index (χ3n) is 4.34. The molecule has 20 heavy (non-hydrogen) atoms. The lowest BCUT2D eigenvalue weighted by Gasteiger charge is -2.28. The number of carbonyl (C=O) groups excluding carboxylic acids is 2. The number of hydrogen-bond donors (Lipinski definition) is 3. The summed E-state index contributed by atoms with van der Waals surface area (Å²) in [5.41, 5.74) is 0. The zero-order valence-corrected chi connectivity index (χ0v) is 12.6. The van der Waals surface area contributed by atoms with Crippen molar-refractivity contribution in [3.8, 4) is 0 Å². The Kier molecular flexibility index (Phi) is 5.40. The van der Waals surface area contributed by atoms with Gasteiger partial charge < -0.3 is 16.0 Å². The summed E-state index contributed by atoms with van der Waals surface area (Å²) in [6.07, 6.45) is 5.03. The lowest BCUT2D eigenvalue weighted by molar-refractivity contribution is -0.129.